The van der Waals surface area contributed by atoms with E-state index >= 15 is 0 Å². The molecule has 1 heterocycles. The second-order valence-corrected chi connectivity index (χ2v) is 8.11. The van der Waals surface area contributed by atoms with Crippen LogP contribution in [0.2, 0.25) is 10.0 Å². The van der Waals surface area contributed by atoms with Crippen LogP contribution in [0.5, 0.6) is 0 Å². The Kier molecular flexibility index (Phi) is 3.60. The highest BCUT2D eigenvalue weighted by molar-refractivity contribution is 7.94. The number of hydrogen-bond donors (Lipinski definition) is 0. The topological polar surface area (TPSA) is 71.5 Å². The van der Waals surface area contributed by atoms with Crippen LogP contribution in [-0.4, -0.2) is 35.7 Å². The highest BCUT2D eigenvalue weighted by atomic mass is 35.5. The van der Waals surface area contributed by atoms with Crippen LogP contribution in [-0.2, 0) is 14.8 Å². The van der Waals surface area contributed by atoms with Crippen molar-refractivity contribution < 1.29 is 18.0 Å². The number of benzene rings is 1. The minimum Gasteiger partial charge on any atom is -0.292 e. The maximum atomic E-state index is 12.0. The van der Waals surface area contributed by atoms with Gasteiger partial charge in [0, 0.05) is 5.56 Å². The summed E-state index contributed by atoms with van der Waals surface area (Å²) in [6.45, 7) is 2.10. The Hall–Kier alpha value is -1.11. The number of carbonyl (C=O) groups is 2. The van der Waals surface area contributed by atoms with Crippen molar-refractivity contribution in [3.05, 3.63) is 33.8 Å². The summed E-state index contributed by atoms with van der Waals surface area (Å²) in [5, 5.41) is 0.479. The summed E-state index contributed by atoms with van der Waals surface area (Å²) in [5.41, 5.74) is 0.201. The molecule has 0 atom stereocenters. The first-order valence-electron chi connectivity index (χ1n) is 5.64. The number of amides is 1. The minimum atomic E-state index is -3.77. The van der Waals surface area contributed by atoms with Gasteiger partial charge in [0.1, 0.15) is 6.54 Å². The molecule has 20 heavy (non-hydrogen) atoms. The Bertz CT molecular complexity index is 712. The van der Waals surface area contributed by atoms with Crippen molar-refractivity contribution in [2.75, 3.05) is 6.54 Å². The van der Waals surface area contributed by atoms with E-state index in [1.54, 1.807) is 0 Å². The van der Waals surface area contributed by atoms with E-state index in [0.29, 0.717) is 4.31 Å². The second-order valence-electron chi connectivity index (χ2n) is 4.88. The van der Waals surface area contributed by atoms with Crippen LogP contribution in [0.3, 0.4) is 0 Å². The molecule has 0 saturated carbocycles. The predicted molar refractivity (Wildman–Crippen MR) is 75.5 cm³/mol. The van der Waals surface area contributed by atoms with Crippen LogP contribution in [0.4, 0.5) is 0 Å². The predicted octanol–water partition coefficient (Wildman–Crippen LogP) is 2.13. The Labute approximate surface area is 126 Å². The lowest BCUT2D eigenvalue weighted by atomic mass is 10.1. The Morgan fingerprint density at radius 3 is 2.35 bits per heavy atom. The normalized spacial score (nSPS) is 19.6. The first-order chi connectivity index (χ1) is 9.09. The first-order valence-corrected chi connectivity index (χ1v) is 7.83. The number of nitrogens with zero attached hydrogens (tertiary/aromatic N) is 1. The number of carbonyl (C=O) groups excluding carboxylic acids is 2. The van der Waals surface area contributed by atoms with Crippen molar-refractivity contribution in [2.45, 2.75) is 18.6 Å². The van der Waals surface area contributed by atoms with Gasteiger partial charge in [-0.05, 0) is 32.0 Å². The van der Waals surface area contributed by atoms with Crippen LogP contribution in [0, 0.1) is 0 Å². The maximum absolute atomic E-state index is 12.0. The number of hydrogen-bond acceptors (Lipinski definition) is 4. The Morgan fingerprint density at radius 2 is 1.85 bits per heavy atom. The van der Waals surface area contributed by atoms with Gasteiger partial charge in [0.05, 0.1) is 10.0 Å². The Balaban J connectivity index is 2.22. The summed E-state index contributed by atoms with van der Waals surface area (Å²) >= 11 is 11.5. The molecule has 1 aromatic rings. The van der Waals surface area contributed by atoms with Gasteiger partial charge in [-0.15, -0.1) is 0 Å². The Morgan fingerprint density at radius 1 is 1.25 bits per heavy atom. The fourth-order valence-corrected chi connectivity index (χ4v) is 3.59. The monoisotopic (exact) mass is 335 g/mol. The molecule has 0 unspecified atom stereocenters. The number of rotatable bonds is 3. The van der Waals surface area contributed by atoms with Gasteiger partial charge >= 0.3 is 0 Å². The van der Waals surface area contributed by atoms with E-state index in [1.165, 1.54) is 32.0 Å². The van der Waals surface area contributed by atoms with Crippen LogP contribution in [0.25, 0.3) is 0 Å². The largest absolute Gasteiger partial charge is 0.292 e. The average molecular weight is 336 g/mol. The highest BCUT2D eigenvalue weighted by Gasteiger charge is 2.60. The second kappa shape index (κ2) is 4.72. The molecular formula is C12H11Cl2NO4S. The summed E-state index contributed by atoms with van der Waals surface area (Å²) in [6.07, 6.45) is 0. The molecule has 5 nitrogen and oxygen atoms in total. The van der Waals surface area contributed by atoms with Crippen LogP contribution < -0.4 is 0 Å². The molecule has 1 aromatic carbocycles. The first kappa shape index (κ1) is 15.3. The molecule has 1 aliphatic rings. The van der Waals surface area contributed by atoms with E-state index in [4.69, 9.17) is 23.2 Å². The molecule has 2 rings (SSSR count). The van der Waals surface area contributed by atoms with Gasteiger partial charge in [0.15, 0.2) is 10.5 Å². The van der Waals surface area contributed by atoms with Gasteiger partial charge < -0.3 is 0 Å². The number of sulfonamides is 1. The van der Waals surface area contributed by atoms with Crippen molar-refractivity contribution in [2.24, 2.45) is 0 Å². The average Bonchev–Trinajstić information content (AvgIpc) is 2.37. The van der Waals surface area contributed by atoms with Gasteiger partial charge in [-0.3, -0.25) is 9.59 Å². The minimum absolute atomic E-state index is 0.190. The molecule has 8 heteroatoms. The van der Waals surface area contributed by atoms with Crippen molar-refractivity contribution >= 4 is 44.9 Å². The smallest absolute Gasteiger partial charge is 0.259 e. The molecule has 1 fully saturated rings. The van der Waals surface area contributed by atoms with Crippen molar-refractivity contribution in [1.29, 1.82) is 0 Å². The zero-order valence-electron chi connectivity index (χ0n) is 10.7. The van der Waals surface area contributed by atoms with Crippen molar-refractivity contribution in [3.8, 4) is 0 Å². The summed E-state index contributed by atoms with van der Waals surface area (Å²) in [5.74, 6) is -1.11. The van der Waals surface area contributed by atoms with Gasteiger partial charge in [0.2, 0.25) is 0 Å². The third kappa shape index (κ3) is 2.12. The lowest BCUT2D eigenvalue weighted by Gasteiger charge is -2.42. The van der Waals surface area contributed by atoms with Gasteiger partial charge in [0.25, 0.3) is 15.9 Å². The lowest BCUT2D eigenvalue weighted by Crippen LogP contribution is -2.68. The van der Waals surface area contributed by atoms with Gasteiger partial charge in [-0.1, -0.05) is 23.2 Å². The molecule has 1 saturated heterocycles. The van der Waals surface area contributed by atoms with E-state index in [2.05, 4.69) is 0 Å². The van der Waals surface area contributed by atoms with Crippen LogP contribution in [0.1, 0.15) is 24.2 Å². The zero-order chi connectivity index (χ0) is 15.3. The SMILES string of the molecule is CC1(C)C(=O)N(CC(=O)c2ccc(Cl)c(Cl)c2)S1(=O)=O. The lowest BCUT2D eigenvalue weighted by molar-refractivity contribution is -0.131. The molecular weight excluding hydrogens is 325 g/mol. The van der Waals surface area contributed by atoms with Crippen molar-refractivity contribution in [3.63, 3.8) is 0 Å². The standard InChI is InChI=1S/C12H11Cl2NO4S/c1-12(2)11(17)15(20(12,18)19)6-10(16)7-3-4-8(13)9(14)5-7/h3-5H,6H2,1-2H3. The van der Waals surface area contributed by atoms with Gasteiger partial charge in [-0.2, -0.15) is 0 Å². The summed E-state index contributed by atoms with van der Waals surface area (Å²) in [7, 11) is -3.77. The van der Waals surface area contributed by atoms with Crippen LogP contribution >= 0.6 is 23.2 Å². The molecule has 0 radical (unpaired) electrons. The molecule has 0 aliphatic carbocycles. The number of Topliss-reactive ketones (excluding diaryl/α,β-unsaturated/α-hetero) is 1. The number of ketones is 1. The quantitative estimate of drug-likeness (QED) is 0.793. The molecule has 0 aromatic heterocycles. The maximum Gasteiger partial charge on any atom is 0.259 e. The molecule has 0 spiro atoms. The fraction of sp³-hybridized carbons (Fsp3) is 0.333. The molecule has 0 N–H and O–H groups in total. The van der Waals surface area contributed by atoms with Crippen molar-refractivity contribution in [1.82, 2.24) is 4.31 Å². The zero-order valence-corrected chi connectivity index (χ0v) is 13.0. The third-order valence-corrected chi connectivity index (χ3v) is 6.28. The molecule has 0 bridgehead atoms. The van der Waals surface area contributed by atoms with E-state index < -0.39 is 33.0 Å². The third-order valence-electron chi connectivity index (χ3n) is 3.21. The van der Waals surface area contributed by atoms with Crippen LogP contribution in [0.15, 0.2) is 18.2 Å². The summed E-state index contributed by atoms with van der Waals surface area (Å²) < 4.78 is 22.9. The summed E-state index contributed by atoms with van der Waals surface area (Å²) in [4.78, 5) is 23.7. The van der Waals surface area contributed by atoms with E-state index in [0.717, 1.165) is 0 Å². The molecule has 1 amide bonds. The number of halogens is 2. The fourth-order valence-electron chi connectivity index (χ4n) is 1.80. The van der Waals surface area contributed by atoms with E-state index in [9.17, 15) is 18.0 Å². The molecule has 108 valence electrons. The molecule has 1 aliphatic heterocycles. The highest BCUT2D eigenvalue weighted by Crippen LogP contribution is 2.34. The van der Waals surface area contributed by atoms with E-state index in [-0.39, 0.29) is 15.6 Å². The van der Waals surface area contributed by atoms with E-state index in [1.807, 2.05) is 0 Å². The summed E-state index contributed by atoms with van der Waals surface area (Å²) in [6, 6.07) is 4.21. The van der Waals surface area contributed by atoms with Gasteiger partial charge in [-0.25, -0.2) is 12.7 Å².